The number of rotatable bonds is 2. The summed E-state index contributed by atoms with van der Waals surface area (Å²) < 4.78 is 38.0. The van der Waals surface area contributed by atoms with Crippen LogP contribution in [-0.2, 0) is 14.9 Å². The summed E-state index contributed by atoms with van der Waals surface area (Å²) in [5.74, 6) is -0.804. The van der Waals surface area contributed by atoms with Gasteiger partial charge in [0, 0.05) is 18.2 Å². The average molecular weight is 255 g/mol. The second kappa shape index (κ2) is 4.57. The zero-order valence-corrected chi connectivity index (χ0v) is 9.92. The lowest BCUT2D eigenvalue weighted by atomic mass is 9.72. The molecule has 0 spiro atoms. The first-order valence-electron chi connectivity index (χ1n) is 6.07. The highest BCUT2D eigenvalue weighted by atomic mass is 19.1. The van der Waals surface area contributed by atoms with Crippen molar-refractivity contribution in [2.45, 2.75) is 11.5 Å². The van der Waals surface area contributed by atoms with Gasteiger partial charge in [-0.25, -0.2) is 8.78 Å². The van der Waals surface area contributed by atoms with Crippen molar-refractivity contribution in [3.05, 3.63) is 35.4 Å². The van der Waals surface area contributed by atoms with Gasteiger partial charge in [0.15, 0.2) is 0 Å². The third-order valence-corrected chi connectivity index (χ3v) is 3.77. The van der Waals surface area contributed by atoms with E-state index in [1.54, 1.807) is 0 Å². The molecule has 98 valence electrons. The van der Waals surface area contributed by atoms with E-state index in [1.165, 1.54) is 12.1 Å². The molecular weight excluding hydrogens is 240 g/mol. The Balaban J connectivity index is 1.97. The number of benzene rings is 1. The number of hydrogen-bond acceptors (Lipinski definition) is 3. The highest BCUT2D eigenvalue weighted by molar-refractivity contribution is 5.33. The van der Waals surface area contributed by atoms with Crippen LogP contribution in [0, 0.1) is 11.6 Å². The van der Waals surface area contributed by atoms with Gasteiger partial charge in [-0.3, -0.25) is 0 Å². The van der Waals surface area contributed by atoms with Crippen LogP contribution >= 0.6 is 0 Å². The van der Waals surface area contributed by atoms with Gasteiger partial charge in [-0.1, -0.05) is 0 Å². The van der Waals surface area contributed by atoms with Gasteiger partial charge in [-0.05, 0) is 18.2 Å². The second-order valence-corrected chi connectivity index (χ2v) is 4.85. The SMILES string of the molecule is Fc1ccc(F)c(C2(C3COCCN3)COC2)c1. The molecule has 1 aromatic carbocycles. The third-order valence-electron chi connectivity index (χ3n) is 3.77. The lowest BCUT2D eigenvalue weighted by Gasteiger charge is -2.48. The van der Waals surface area contributed by atoms with Gasteiger partial charge in [-0.2, -0.15) is 0 Å². The molecule has 0 aromatic heterocycles. The van der Waals surface area contributed by atoms with Crippen molar-refractivity contribution in [1.29, 1.82) is 0 Å². The maximum absolute atomic E-state index is 13.9. The Morgan fingerprint density at radius 2 is 2.06 bits per heavy atom. The van der Waals surface area contributed by atoms with E-state index in [0.29, 0.717) is 32.0 Å². The highest BCUT2D eigenvalue weighted by Crippen LogP contribution is 2.38. The van der Waals surface area contributed by atoms with Crippen LogP contribution in [0.2, 0.25) is 0 Å². The van der Waals surface area contributed by atoms with E-state index in [0.717, 1.165) is 12.6 Å². The fourth-order valence-corrected chi connectivity index (χ4v) is 2.67. The monoisotopic (exact) mass is 255 g/mol. The van der Waals surface area contributed by atoms with E-state index in [9.17, 15) is 8.78 Å². The first-order valence-corrected chi connectivity index (χ1v) is 6.07. The molecule has 2 saturated heterocycles. The lowest BCUT2D eigenvalue weighted by Crippen LogP contribution is -2.64. The summed E-state index contributed by atoms with van der Waals surface area (Å²) in [6, 6.07) is 3.55. The van der Waals surface area contributed by atoms with Gasteiger partial charge >= 0.3 is 0 Å². The minimum Gasteiger partial charge on any atom is -0.379 e. The van der Waals surface area contributed by atoms with Crippen molar-refractivity contribution in [3.8, 4) is 0 Å². The molecule has 1 N–H and O–H groups in total. The van der Waals surface area contributed by atoms with Crippen LogP contribution in [0.25, 0.3) is 0 Å². The quantitative estimate of drug-likeness (QED) is 0.862. The maximum atomic E-state index is 13.9. The van der Waals surface area contributed by atoms with Crippen molar-refractivity contribution in [1.82, 2.24) is 5.32 Å². The second-order valence-electron chi connectivity index (χ2n) is 4.85. The first kappa shape index (κ1) is 12.0. The number of morpholine rings is 1. The average Bonchev–Trinajstić information content (AvgIpc) is 2.34. The largest absolute Gasteiger partial charge is 0.379 e. The molecule has 1 unspecified atom stereocenters. The van der Waals surface area contributed by atoms with Crippen molar-refractivity contribution in [2.24, 2.45) is 0 Å². The number of halogens is 2. The Morgan fingerprint density at radius 1 is 1.22 bits per heavy atom. The Labute approximate surface area is 104 Å². The molecule has 2 aliphatic heterocycles. The number of ether oxygens (including phenoxy) is 2. The molecule has 0 radical (unpaired) electrons. The zero-order chi connectivity index (χ0) is 12.6. The molecule has 0 bridgehead atoms. The van der Waals surface area contributed by atoms with E-state index >= 15 is 0 Å². The molecule has 2 aliphatic rings. The Bertz CT molecular complexity index is 443. The maximum Gasteiger partial charge on any atom is 0.127 e. The van der Waals surface area contributed by atoms with Gasteiger partial charge in [-0.15, -0.1) is 0 Å². The van der Waals surface area contributed by atoms with Crippen molar-refractivity contribution < 1.29 is 18.3 Å². The number of hydrogen-bond donors (Lipinski definition) is 1. The van der Waals surface area contributed by atoms with Crippen molar-refractivity contribution in [2.75, 3.05) is 33.0 Å². The summed E-state index contributed by atoms with van der Waals surface area (Å²) in [5.41, 5.74) is -0.121. The Kier molecular flexibility index (Phi) is 3.05. The molecule has 0 saturated carbocycles. The summed E-state index contributed by atoms with van der Waals surface area (Å²) in [4.78, 5) is 0. The van der Waals surface area contributed by atoms with E-state index < -0.39 is 11.2 Å². The third kappa shape index (κ3) is 1.83. The molecular formula is C13H15F2NO2. The molecule has 0 aliphatic carbocycles. The summed E-state index contributed by atoms with van der Waals surface area (Å²) in [7, 11) is 0. The Hall–Kier alpha value is -1.04. The molecule has 3 nitrogen and oxygen atoms in total. The summed E-state index contributed by atoms with van der Waals surface area (Å²) in [6.07, 6.45) is 0. The fourth-order valence-electron chi connectivity index (χ4n) is 2.67. The predicted octanol–water partition coefficient (Wildman–Crippen LogP) is 1.22. The fraction of sp³-hybridized carbons (Fsp3) is 0.538. The molecule has 1 aromatic rings. The van der Waals surface area contributed by atoms with Gasteiger partial charge in [0.05, 0.1) is 31.8 Å². The minimum absolute atomic E-state index is 0.0312. The normalized spacial score (nSPS) is 26.7. The first-order chi connectivity index (χ1) is 8.72. The van der Waals surface area contributed by atoms with Crippen LogP contribution in [-0.4, -0.2) is 39.0 Å². The molecule has 2 heterocycles. The van der Waals surface area contributed by atoms with Gasteiger partial charge in [0.1, 0.15) is 11.6 Å². The zero-order valence-electron chi connectivity index (χ0n) is 9.92. The highest BCUT2D eigenvalue weighted by Gasteiger charge is 2.49. The van der Waals surface area contributed by atoms with Crippen molar-refractivity contribution in [3.63, 3.8) is 0 Å². The minimum atomic E-state index is -0.507. The van der Waals surface area contributed by atoms with Crippen LogP contribution in [0.1, 0.15) is 5.56 Å². The van der Waals surface area contributed by atoms with Crippen LogP contribution < -0.4 is 5.32 Å². The molecule has 1 atom stereocenters. The summed E-state index contributed by atoms with van der Waals surface area (Å²) in [6.45, 7) is 2.67. The standard InChI is InChI=1S/C13H15F2NO2/c14-9-1-2-11(15)10(5-9)13(7-18-8-13)12-6-17-4-3-16-12/h1-2,5,12,16H,3-4,6-8H2. The van der Waals surface area contributed by atoms with Gasteiger partial charge in [0.25, 0.3) is 0 Å². The van der Waals surface area contributed by atoms with Crippen LogP contribution in [0.4, 0.5) is 8.78 Å². The molecule has 18 heavy (non-hydrogen) atoms. The lowest BCUT2D eigenvalue weighted by molar-refractivity contribution is -0.102. The van der Waals surface area contributed by atoms with Crippen molar-refractivity contribution >= 4 is 0 Å². The van der Waals surface area contributed by atoms with E-state index in [2.05, 4.69) is 5.32 Å². The van der Waals surface area contributed by atoms with Crippen LogP contribution in [0.3, 0.4) is 0 Å². The molecule has 5 heteroatoms. The summed E-state index contributed by atoms with van der Waals surface area (Å²) in [5, 5.41) is 3.31. The van der Waals surface area contributed by atoms with E-state index in [1.807, 2.05) is 0 Å². The van der Waals surface area contributed by atoms with E-state index in [-0.39, 0.29) is 11.9 Å². The van der Waals surface area contributed by atoms with Gasteiger partial charge < -0.3 is 14.8 Å². The van der Waals surface area contributed by atoms with Gasteiger partial charge in [0.2, 0.25) is 0 Å². The van der Waals surface area contributed by atoms with Crippen LogP contribution in [0.5, 0.6) is 0 Å². The predicted molar refractivity (Wildman–Crippen MR) is 61.5 cm³/mol. The Morgan fingerprint density at radius 3 is 2.67 bits per heavy atom. The topological polar surface area (TPSA) is 30.5 Å². The van der Waals surface area contributed by atoms with Crippen LogP contribution in [0.15, 0.2) is 18.2 Å². The molecule has 3 rings (SSSR count). The molecule has 2 fully saturated rings. The number of nitrogens with one attached hydrogen (secondary N) is 1. The molecule has 0 amide bonds. The summed E-state index contributed by atoms with van der Waals surface area (Å²) >= 11 is 0. The van der Waals surface area contributed by atoms with E-state index in [4.69, 9.17) is 9.47 Å². The smallest absolute Gasteiger partial charge is 0.127 e.